The number of thiazole rings is 1. The van der Waals surface area contributed by atoms with E-state index in [4.69, 9.17) is 9.47 Å². The molecule has 1 saturated heterocycles. The molecule has 0 bridgehead atoms. The topological polar surface area (TPSA) is 68.7 Å². The van der Waals surface area contributed by atoms with Crippen LogP contribution in [-0.2, 0) is 19.1 Å². The summed E-state index contributed by atoms with van der Waals surface area (Å²) in [5.74, 6) is 0. The number of ether oxygens (including phenoxy) is 2. The van der Waals surface area contributed by atoms with Crippen LogP contribution in [0.5, 0.6) is 0 Å². The first-order chi connectivity index (χ1) is 15.4. The van der Waals surface area contributed by atoms with Crippen LogP contribution in [0, 0.1) is 6.92 Å². The first-order valence-corrected chi connectivity index (χ1v) is 12.5. The molecule has 0 N–H and O–H groups in total. The van der Waals surface area contributed by atoms with Crippen LogP contribution >= 0.6 is 11.3 Å². The maximum atomic E-state index is 10.6. The van der Waals surface area contributed by atoms with E-state index in [0.717, 1.165) is 29.6 Å². The van der Waals surface area contributed by atoms with E-state index in [1.54, 1.807) is 23.3 Å². The summed E-state index contributed by atoms with van der Waals surface area (Å²) >= 11 is 1.74. The number of carbonyl (C=O) groups excluding carboxylic acids is 2. The molecule has 1 aromatic carbocycles. The van der Waals surface area contributed by atoms with Crippen LogP contribution < -0.4 is 0 Å². The third kappa shape index (κ3) is 14.1. The average molecular weight is 483 g/mol. The first-order valence-electron chi connectivity index (χ1n) is 11.6. The molecule has 0 radical (unpaired) electrons. The minimum absolute atomic E-state index is 0.0417. The summed E-state index contributed by atoms with van der Waals surface area (Å²) in [5.41, 5.74) is 0.757. The number of amides is 1. The van der Waals surface area contributed by atoms with Crippen molar-refractivity contribution >= 4 is 34.2 Å². The quantitative estimate of drug-likeness (QED) is 0.458. The molecule has 3 rings (SSSR count). The second-order valence-corrected chi connectivity index (χ2v) is 9.66. The highest BCUT2D eigenvalue weighted by atomic mass is 32.1. The van der Waals surface area contributed by atoms with Crippen LogP contribution in [-0.4, -0.2) is 53.7 Å². The van der Waals surface area contributed by atoms with Gasteiger partial charge in [-0.1, -0.05) is 39.8 Å². The van der Waals surface area contributed by atoms with E-state index in [1.807, 2.05) is 80.5 Å². The van der Waals surface area contributed by atoms with Gasteiger partial charge < -0.3 is 19.2 Å². The molecule has 1 fully saturated rings. The Morgan fingerprint density at radius 3 is 2.09 bits per heavy atom. The number of aldehydes is 1. The van der Waals surface area contributed by atoms with Gasteiger partial charge in [0.15, 0.2) is 0 Å². The molecule has 1 aliphatic heterocycles. The summed E-state index contributed by atoms with van der Waals surface area (Å²) in [5, 5.41) is 1.14. The van der Waals surface area contributed by atoms with E-state index in [9.17, 15) is 9.59 Å². The van der Waals surface area contributed by atoms with Gasteiger partial charge in [0, 0.05) is 13.5 Å². The summed E-state index contributed by atoms with van der Waals surface area (Å²) in [7, 11) is 1.71. The number of para-hydroxylation sites is 1. The van der Waals surface area contributed by atoms with Gasteiger partial charge in [0.25, 0.3) is 0 Å². The van der Waals surface area contributed by atoms with E-state index in [-0.39, 0.29) is 11.6 Å². The Morgan fingerprint density at radius 2 is 1.73 bits per heavy atom. The molecule has 1 aliphatic rings. The minimum atomic E-state index is -0.400. The maximum Gasteiger partial charge on any atom is 0.212 e. The molecular weight excluding hydrogens is 436 g/mol. The van der Waals surface area contributed by atoms with Gasteiger partial charge in [-0.15, -0.1) is 11.3 Å². The lowest BCUT2D eigenvalue weighted by atomic mass is 10.2. The lowest BCUT2D eigenvalue weighted by Crippen LogP contribution is -2.42. The smallest absolute Gasteiger partial charge is 0.212 e. The van der Waals surface area contributed by atoms with Crippen LogP contribution in [0.3, 0.4) is 0 Å². The SMILES string of the molecule is CC.CCC1COC(C)(C)N1C=O.CCC=O.COC(C)(C)C.Cc1nc2ccccc2s1. The molecule has 2 aromatic rings. The monoisotopic (exact) mass is 482 g/mol. The van der Waals surface area contributed by atoms with Gasteiger partial charge in [0.1, 0.15) is 12.0 Å². The molecule has 2 heterocycles. The number of nitrogens with zero attached hydrogens (tertiary/aromatic N) is 2. The summed E-state index contributed by atoms with van der Waals surface area (Å²) in [6, 6.07) is 8.46. The van der Waals surface area contributed by atoms with Crippen LogP contribution in [0.2, 0.25) is 0 Å². The van der Waals surface area contributed by atoms with Crippen molar-refractivity contribution in [2.45, 2.75) is 99.4 Å². The van der Waals surface area contributed by atoms with Crippen LogP contribution in [0.4, 0.5) is 0 Å². The summed E-state index contributed by atoms with van der Waals surface area (Å²) in [4.78, 5) is 25.9. The number of benzene rings is 1. The standard InChI is InChI=1S/C8H15NO2.C8H7NS.C5H12O.C3H6O.C2H6/c1-4-7-5-11-8(2,3)9(7)6-10;1-6-9-7-4-2-3-5-8(7)10-6;1-5(2,3)6-4;1-2-3-4;1-2/h6-7H,4-5H2,1-3H3;2-5H,1H3;1-4H3;3H,2H2,1H3;1-2H3. The fourth-order valence-electron chi connectivity index (χ4n) is 2.41. The van der Waals surface area contributed by atoms with Gasteiger partial charge in [-0.3, -0.25) is 4.79 Å². The molecule has 6 nitrogen and oxygen atoms in total. The van der Waals surface area contributed by atoms with Crippen molar-refractivity contribution in [3.8, 4) is 0 Å². The van der Waals surface area contributed by atoms with E-state index in [1.165, 1.54) is 4.70 Å². The molecular formula is C26H46N2O4S. The fraction of sp³-hybridized carbons (Fsp3) is 0.654. The average Bonchev–Trinajstić information content (AvgIpc) is 3.32. The molecule has 1 aromatic heterocycles. The summed E-state index contributed by atoms with van der Waals surface area (Å²) in [6.45, 7) is 20.5. The number of rotatable bonds is 3. The molecule has 1 unspecified atom stereocenters. The van der Waals surface area contributed by atoms with Gasteiger partial charge in [-0.05, 0) is 60.1 Å². The van der Waals surface area contributed by atoms with Gasteiger partial charge in [0.2, 0.25) is 6.41 Å². The highest BCUT2D eigenvalue weighted by molar-refractivity contribution is 7.18. The number of aryl methyl sites for hydroxylation is 1. The zero-order chi connectivity index (χ0) is 26.1. The highest BCUT2D eigenvalue weighted by Gasteiger charge is 2.38. The lowest BCUT2D eigenvalue weighted by Gasteiger charge is -2.29. The van der Waals surface area contributed by atoms with Crippen molar-refractivity contribution < 1.29 is 19.1 Å². The second-order valence-electron chi connectivity index (χ2n) is 8.42. The molecule has 7 heteroatoms. The molecule has 0 spiro atoms. The molecule has 0 aliphatic carbocycles. The first kappa shape index (κ1) is 33.3. The largest absolute Gasteiger partial charge is 0.379 e. The predicted octanol–water partition coefficient (Wildman–Crippen LogP) is 6.65. The highest BCUT2D eigenvalue weighted by Crippen LogP contribution is 2.26. The molecule has 1 amide bonds. The van der Waals surface area contributed by atoms with E-state index in [0.29, 0.717) is 13.0 Å². The van der Waals surface area contributed by atoms with E-state index < -0.39 is 5.72 Å². The second kappa shape index (κ2) is 17.6. The zero-order valence-electron chi connectivity index (χ0n) is 22.6. The van der Waals surface area contributed by atoms with Crippen molar-refractivity contribution in [2.75, 3.05) is 13.7 Å². The molecule has 190 valence electrons. The Morgan fingerprint density at radius 1 is 1.21 bits per heavy atom. The van der Waals surface area contributed by atoms with Gasteiger partial charge in [-0.2, -0.15) is 0 Å². The normalized spacial score (nSPS) is 16.0. The predicted molar refractivity (Wildman–Crippen MR) is 141 cm³/mol. The van der Waals surface area contributed by atoms with Crippen molar-refractivity contribution in [1.29, 1.82) is 0 Å². The Balaban J connectivity index is 0. The molecule has 0 saturated carbocycles. The van der Waals surface area contributed by atoms with Crippen molar-refractivity contribution in [3.63, 3.8) is 0 Å². The fourth-order valence-corrected chi connectivity index (χ4v) is 3.24. The van der Waals surface area contributed by atoms with Crippen LogP contribution in [0.1, 0.15) is 80.2 Å². The Labute approximate surface area is 205 Å². The Bertz CT molecular complexity index is 736. The number of hydrogen-bond donors (Lipinski definition) is 0. The van der Waals surface area contributed by atoms with Crippen molar-refractivity contribution in [1.82, 2.24) is 9.88 Å². The van der Waals surface area contributed by atoms with Crippen LogP contribution in [0.25, 0.3) is 10.2 Å². The van der Waals surface area contributed by atoms with Gasteiger partial charge >= 0.3 is 0 Å². The lowest BCUT2D eigenvalue weighted by molar-refractivity contribution is -0.132. The number of methoxy groups -OCH3 is 1. The summed E-state index contributed by atoms with van der Waals surface area (Å²) in [6.07, 6.45) is 3.35. The van der Waals surface area contributed by atoms with Crippen molar-refractivity contribution in [2.24, 2.45) is 0 Å². The van der Waals surface area contributed by atoms with E-state index in [2.05, 4.69) is 18.0 Å². The number of fused-ring (bicyclic) bond motifs is 1. The number of hydrogen-bond acceptors (Lipinski definition) is 6. The van der Waals surface area contributed by atoms with Crippen molar-refractivity contribution in [3.05, 3.63) is 29.3 Å². The Kier molecular flexibility index (Phi) is 17.8. The zero-order valence-corrected chi connectivity index (χ0v) is 23.4. The van der Waals surface area contributed by atoms with Gasteiger partial charge in [0.05, 0.1) is 33.5 Å². The molecule has 1 atom stereocenters. The number of aromatic nitrogens is 1. The third-order valence-electron chi connectivity index (χ3n) is 4.41. The van der Waals surface area contributed by atoms with Crippen LogP contribution in [0.15, 0.2) is 24.3 Å². The molecule has 33 heavy (non-hydrogen) atoms. The number of carbonyl (C=O) groups is 2. The maximum absolute atomic E-state index is 10.6. The van der Waals surface area contributed by atoms with Gasteiger partial charge in [-0.25, -0.2) is 4.98 Å². The third-order valence-corrected chi connectivity index (χ3v) is 5.36. The minimum Gasteiger partial charge on any atom is -0.379 e. The van der Waals surface area contributed by atoms with E-state index >= 15 is 0 Å². The summed E-state index contributed by atoms with van der Waals surface area (Å²) < 4.78 is 11.7. The Hall–Kier alpha value is -1.83.